The Morgan fingerprint density at radius 3 is 1.87 bits per heavy atom. The zero-order valence-electron chi connectivity index (χ0n) is 38.2. The third-order valence-electron chi connectivity index (χ3n) is 15.8. The van der Waals surface area contributed by atoms with E-state index < -0.39 is 13.5 Å². The SMILES string of the molecule is C[Si]1(C)c2ccccc2C2(c3ccccc3-c3cccc4cccc2c34)c2ccc(N(c3ccc4oc5ccccc5c4c3)c3ccc4c(c3)c3ccccc3n4-c3cccc4ccccc34)cc21. The zero-order valence-corrected chi connectivity index (χ0v) is 39.2. The molecule has 1 unspecified atom stereocenters. The summed E-state index contributed by atoms with van der Waals surface area (Å²) in [6, 6.07) is 86.3. The minimum atomic E-state index is -2.37. The molecule has 13 aromatic rings. The highest BCUT2D eigenvalue weighted by Gasteiger charge is 2.52. The summed E-state index contributed by atoms with van der Waals surface area (Å²) in [5.41, 5.74) is 16.3. The number of furan rings is 1. The fourth-order valence-corrected chi connectivity index (χ4v) is 16.1. The number of aromatic nitrogens is 1. The Labute approximate surface area is 400 Å². The first-order chi connectivity index (χ1) is 34.0. The fourth-order valence-electron chi connectivity index (χ4n) is 12.9. The number of para-hydroxylation sites is 2. The number of nitrogens with zero attached hydrogens (tertiary/aromatic N) is 2. The van der Waals surface area contributed by atoms with Crippen LogP contribution in [0, 0.1) is 0 Å². The van der Waals surface area contributed by atoms with E-state index in [4.69, 9.17) is 4.42 Å². The molecule has 0 saturated heterocycles. The maximum Gasteiger partial charge on any atom is 0.135 e. The Hall–Kier alpha value is -8.44. The largest absolute Gasteiger partial charge is 0.456 e. The van der Waals surface area contributed by atoms with Crippen LogP contribution in [0.3, 0.4) is 0 Å². The predicted octanol–water partition coefficient (Wildman–Crippen LogP) is 16.0. The zero-order chi connectivity index (χ0) is 45.6. The van der Waals surface area contributed by atoms with E-state index in [1.54, 1.807) is 0 Å². The second kappa shape index (κ2) is 14.1. The summed E-state index contributed by atoms with van der Waals surface area (Å²) in [6.07, 6.45) is 0. The quantitative estimate of drug-likeness (QED) is 0.164. The van der Waals surface area contributed by atoms with E-state index >= 15 is 0 Å². The van der Waals surface area contributed by atoms with Crippen LogP contribution in [0.25, 0.3) is 82.1 Å². The Balaban J connectivity index is 1.02. The van der Waals surface area contributed by atoms with Gasteiger partial charge < -0.3 is 13.9 Å². The van der Waals surface area contributed by atoms with Crippen molar-refractivity contribution in [3.05, 3.63) is 253 Å². The van der Waals surface area contributed by atoms with Crippen molar-refractivity contribution in [1.29, 1.82) is 0 Å². The molecule has 0 fully saturated rings. The number of hydrogen-bond acceptors (Lipinski definition) is 2. The summed E-state index contributed by atoms with van der Waals surface area (Å²) < 4.78 is 8.89. The van der Waals surface area contributed by atoms with Gasteiger partial charge in [-0.1, -0.05) is 177 Å². The van der Waals surface area contributed by atoms with Crippen LogP contribution in [0.5, 0.6) is 0 Å². The van der Waals surface area contributed by atoms with Crippen LogP contribution in [-0.4, -0.2) is 12.6 Å². The Bertz CT molecular complexity index is 4320. The Kier molecular flexibility index (Phi) is 7.87. The van der Waals surface area contributed by atoms with Gasteiger partial charge >= 0.3 is 0 Å². The maximum atomic E-state index is 6.44. The second-order valence-corrected chi connectivity index (χ2v) is 23.9. The molecule has 3 heterocycles. The molecule has 0 saturated carbocycles. The van der Waals surface area contributed by atoms with E-state index in [0.29, 0.717) is 0 Å². The fraction of sp³-hybridized carbons (Fsp3) is 0.0462. The average molecular weight is 897 g/mol. The molecule has 324 valence electrons. The molecule has 4 heteroatoms. The van der Waals surface area contributed by atoms with E-state index in [9.17, 15) is 0 Å². The van der Waals surface area contributed by atoms with Crippen LogP contribution in [-0.2, 0) is 5.41 Å². The highest BCUT2D eigenvalue weighted by Crippen LogP contribution is 2.56. The molecule has 15 rings (SSSR count). The minimum Gasteiger partial charge on any atom is -0.456 e. The van der Waals surface area contributed by atoms with Crippen LogP contribution in [0.1, 0.15) is 22.3 Å². The molecule has 2 aromatic heterocycles. The standard InChI is InChI=1S/C65H44N2OSi/c1-69(2)62-31-12-9-26-54(62)65(53-25-8-5-21-47(53)50-24-13-18-42-19-14-27-56(65)64(42)50)55-35-32-45(40-63(55)69)66(44-34-37-61-52(39-44)49-23-7-11-30-60(49)68-61)43-33-36-59-51(38-43)48-22-6-10-28-58(48)67(59)57-29-15-17-41-16-3-4-20-46(41)57/h3-40H,1-2H3. The van der Waals surface area contributed by atoms with Gasteiger partial charge in [0.15, 0.2) is 0 Å². The van der Waals surface area contributed by atoms with Crippen molar-refractivity contribution in [2.45, 2.75) is 18.5 Å². The van der Waals surface area contributed by atoms with E-state index in [0.717, 1.165) is 39.0 Å². The highest BCUT2D eigenvalue weighted by atomic mass is 28.3. The molecule has 2 aliphatic rings. The molecule has 0 N–H and O–H groups in total. The van der Waals surface area contributed by atoms with Crippen LogP contribution in [0.15, 0.2) is 235 Å². The van der Waals surface area contributed by atoms with E-state index in [2.05, 4.69) is 253 Å². The number of hydrogen-bond donors (Lipinski definition) is 0. The molecule has 11 aromatic carbocycles. The van der Waals surface area contributed by atoms with Crippen molar-refractivity contribution < 1.29 is 4.42 Å². The summed E-state index contributed by atoms with van der Waals surface area (Å²) in [5, 5.41) is 12.7. The van der Waals surface area contributed by atoms with E-state index in [-0.39, 0.29) is 0 Å². The number of anilines is 3. The van der Waals surface area contributed by atoms with Crippen LogP contribution in [0.2, 0.25) is 13.1 Å². The van der Waals surface area contributed by atoms with Crippen molar-refractivity contribution in [1.82, 2.24) is 4.57 Å². The third kappa shape index (κ3) is 5.16. The molecule has 0 amide bonds. The molecule has 1 atom stereocenters. The van der Waals surface area contributed by atoms with Gasteiger partial charge in [0.2, 0.25) is 0 Å². The summed E-state index contributed by atoms with van der Waals surface area (Å²) >= 11 is 0. The van der Waals surface area contributed by atoms with Crippen molar-refractivity contribution in [3.8, 4) is 16.8 Å². The molecule has 0 radical (unpaired) electrons. The van der Waals surface area contributed by atoms with Crippen molar-refractivity contribution in [2.75, 3.05) is 4.90 Å². The molecule has 0 bridgehead atoms. The van der Waals surface area contributed by atoms with Gasteiger partial charge in [-0.2, -0.15) is 0 Å². The topological polar surface area (TPSA) is 21.3 Å². The lowest BCUT2D eigenvalue weighted by Gasteiger charge is -2.50. The van der Waals surface area contributed by atoms with Gasteiger partial charge in [-0.15, -0.1) is 0 Å². The lowest BCUT2D eigenvalue weighted by molar-refractivity contribution is 0.669. The molecule has 1 aliphatic heterocycles. The van der Waals surface area contributed by atoms with Gasteiger partial charge in [0.25, 0.3) is 0 Å². The molecule has 1 spiro atoms. The first kappa shape index (κ1) is 38.6. The van der Waals surface area contributed by atoms with Gasteiger partial charge in [0.1, 0.15) is 19.2 Å². The smallest absolute Gasteiger partial charge is 0.135 e. The monoisotopic (exact) mass is 896 g/mol. The average Bonchev–Trinajstić information content (AvgIpc) is 3.94. The molecule has 69 heavy (non-hydrogen) atoms. The van der Waals surface area contributed by atoms with E-state index in [1.807, 2.05) is 0 Å². The van der Waals surface area contributed by atoms with Crippen LogP contribution >= 0.6 is 0 Å². The van der Waals surface area contributed by atoms with Crippen molar-refractivity contribution in [2.24, 2.45) is 0 Å². The van der Waals surface area contributed by atoms with Gasteiger partial charge in [-0.05, 0) is 127 Å². The second-order valence-electron chi connectivity index (χ2n) is 19.6. The summed E-state index contributed by atoms with van der Waals surface area (Å²) in [5.74, 6) is 0. The van der Waals surface area contributed by atoms with E-state index in [1.165, 1.54) is 92.8 Å². The molecular weight excluding hydrogens is 853 g/mol. The van der Waals surface area contributed by atoms with Gasteiger partial charge in [-0.3, -0.25) is 0 Å². The third-order valence-corrected chi connectivity index (χ3v) is 19.4. The molecule has 1 aliphatic carbocycles. The molecular formula is C65H44N2OSi. The first-order valence-electron chi connectivity index (χ1n) is 24.1. The van der Waals surface area contributed by atoms with Gasteiger partial charge in [0.05, 0.1) is 22.1 Å². The first-order valence-corrected chi connectivity index (χ1v) is 27.1. The lowest BCUT2D eigenvalue weighted by atomic mass is 9.59. The highest BCUT2D eigenvalue weighted by molar-refractivity contribution is 7.01. The van der Waals surface area contributed by atoms with Crippen LogP contribution in [0.4, 0.5) is 17.1 Å². The van der Waals surface area contributed by atoms with Crippen molar-refractivity contribution >= 4 is 101 Å². The van der Waals surface area contributed by atoms with Gasteiger partial charge in [-0.25, -0.2) is 0 Å². The Morgan fingerprint density at radius 2 is 0.971 bits per heavy atom. The summed E-state index contributed by atoms with van der Waals surface area (Å²) in [4.78, 5) is 2.49. The van der Waals surface area contributed by atoms with Crippen molar-refractivity contribution in [3.63, 3.8) is 0 Å². The maximum absolute atomic E-state index is 6.44. The van der Waals surface area contributed by atoms with Gasteiger partial charge in [0, 0.05) is 44.0 Å². The normalized spacial score (nSPS) is 15.6. The summed E-state index contributed by atoms with van der Waals surface area (Å²) in [6.45, 7) is 5.12. The molecule has 3 nitrogen and oxygen atoms in total. The Morgan fingerprint density at radius 1 is 0.391 bits per heavy atom. The number of rotatable bonds is 4. The minimum absolute atomic E-state index is 0.515. The predicted molar refractivity (Wildman–Crippen MR) is 292 cm³/mol. The lowest BCUT2D eigenvalue weighted by Crippen LogP contribution is -2.63. The number of benzene rings is 11. The number of fused-ring (bicyclic) bond motifs is 15. The summed E-state index contributed by atoms with van der Waals surface area (Å²) in [7, 11) is -2.37. The van der Waals surface area contributed by atoms with Crippen LogP contribution < -0.4 is 15.3 Å².